The molecule has 0 fully saturated rings. The number of amides is 1. The van der Waals surface area contributed by atoms with Crippen LogP contribution < -0.4 is 15.4 Å². The Morgan fingerprint density at radius 2 is 1.83 bits per heavy atom. The van der Waals surface area contributed by atoms with Crippen molar-refractivity contribution in [1.82, 2.24) is 0 Å². The molecule has 0 radical (unpaired) electrons. The van der Waals surface area contributed by atoms with Crippen LogP contribution in [-0.4, -0.2) is 13.0 Å². The first kappa shape index (κ1) is 21.3. The van der Waals surface area contributed by atoms with Crippen molar-refractivity contribution in [2.24, 2.45) is 0 Å². The smallest absolute Gasteiger partial charge is 0.267 e. The van der Waals surface area contributed by atoms with E-state index in [9.17, 15) is 10.1 Å². The average Bonchev–Trinajstić information content (AvgIpc) is 2.76. The van der Waals surface area contributed by atoms with Crippen LogP contribution in [0.2, 0.25) is 5.02 Å². The molecule has 5 nitrogen and oxygen atoms in total. The van der Waals surface area contributed by atoms with Crippen LogP contribution in [0, 0.1) is 11.3 Å². The van der Waals surface area contributed by atoms with Crippen molar-refractivity contribution in [1.29, 1.82) is 5.26 Å². The molecule has 2 N–H and O–H groups in total. The molecule has 30 heavy (non-hydrogen) atoms. The number of rotatable bonds is 7. The molecule has 0 saturated heterocycles. The highest BCUT2D eigenvalue weighted by Gasteiger charge is 2.11. The number of nitrogens with one attached hydrogen (secondary N) is 2. The molecule has 0 atom stereocenters. The van der Waals surface area contributed by atoms with E-state index in [0.717, 1.165) is 15.5 Å². The lowest BCUT2D eigenvalue weighted by atomic mass is 10.2. The molecule has 3 rings (SSSR count). The monoisotopic (exact) mass is 435 g/mol. The molecule has 0 aliphatic carbocycles. The van der Waals surface area contributed by atoms with E-state index in [1.165, 1.54) is 13.3 Å². The maximum Gasteiger partial charge on any atom is 0.267 e. The first-order valence-electron chi connectivity index (χ1n) is 8.94. The molecule has 3 aromatic rings. The second-order valence-corrected chi connectivity index (χ2v) is 7.55. The first-order chi connectivity index (χ1) is 14.6. The normalized spacial score (nSPS) is 10.8. The Hall–Kier alpha value is -3.40. The van der Waals surface area contributed by atoms with Crippen LogP contribution in [0.5, 0.6) is 5.75 Å². The minimum Gasteiger partial charge on any atom is -0.495 e. The Morgan fingerprint density at radius 1 is 1.10 bits per heavy atom. The molecule has 1 amide bonds. The van der Waals surface area contributed by atoms with Crippen LogP contribution in [0.4, 0.5) is 11.4 Å². The summed E-state index contributed by atoms with van der Waals surface area (Å²) in [4.78, 5) is 14.5. The van der Waals surface area contributed by atoms with Crippen molar-refractivity contribution < 1.29 is 9.53 Å². The highest BCUT2D eigenvalue weighted by molar-refractivity contribution is 7.99. The van der Waals surface area contributed by atoms with Crippen molar-refractivity contribution in [3.8, 4) is 11.8 Å². The molecular formula is C23H18ClN3O2S. The Kier molecular flexibility index (Phi) is 7.39. The van der Waals surface area contributed by atoms with E-state index in [0.29, 0.717) is 16.5 Å². The topological polar surface area (TPSA) is 74.1 Å². The summed E-state index contributed by atoms with van der Waals surface area (Å²) >= 11 is 7.67. The van der Waals surface area contributed by atoms with Gasteiger partial charge < -0.3 is 15.4 Å². The molecule has 150 valence electrons. The number of methoxy groups -OCH3 is 1. The van der Waals surface area contributed by atoms with Crippen molar-refractivity contribution in [3.63, 3.8) is 0 Å². The number of benzene rings is 3. The summed E-state index contributed by atoms with van der Waals surface area (Å²) in [5.41, 5.74) is 1.19. The lowest BCUT2D eigenvalue weighted by molar-refractivity contribution is -0.112. The molecule has 0 saturated carbocycles. The Bertz CT molecular complexity index is 1110. The second kappa shape index (κ2) is 10.4. The summed E-state index contributed by atoms with van der Waals surface area (Å²) < 4.78 is 5.09. The van der Waals surface area contributed by atoms with E-state index < -0.39 is 5.91 Å². The predicted molar refractivity (Wildman–Crippen MR) is 121 cm³/mol. The first-order valence-corrected chi connectivity index (χ1v) is 10.1. The van der Waals surface area contributed by atoms with Crippen molar-refractivity contribution in [2.75, 3.05) is 17.7 Å². The zero-order chi connectivity index (χ0) is 21.3. The number of ether oxygens (including phenoxy) is 1. The van der Waals surface area contributed by atoms with Gasteiger partial charge in [0.15, 0.2) is 0 Å². The lowest BCUT2D eigenvalue weighted by Crippen LogP contribution is -2.14. The van der Waals surface area contributed by atoms with E-state index in [4.69, 9.17) is 16.3 Å². The average molecular weight is 436 g/mol. The minimum absolute atomic E-state index is 0.0681. The third kappa shape index (κ3) is 5.57. The highest BCUT2D eigenvalue weighted by Crippen LogP contribution is 2.33. The Labute approximate surface area is 184 Å². The van der Waals surface area contributed by atoms with E-state index in [1.807, 2.05) is 60.7 Å². The molecular weight excluding hydrogens is 418 g/mol. The Morgan fingerprint density at radius 3 is 2.53 bits per heavy atom. The van der Waals surface area contributed by atoms with Gasteiger partial charge in [-0.1, -0.05) is 53.7 Å². The minimum atomic E-state index is -0.542. The van der Waals surface area contributed by atoms with Crippen molar-refractivity contribution in [3.05, 3.63) is 89.6 Å². The lowest BCUT2D eigenvalue weighted by Gasteiger charge is -2.10. The van der Waals surface area contributed by atoms with Gasteiger partial charge in [-0.3, -0.25) is 4.79 Å². The number of hydrogen-bond acceptors (Lipinski definition) is 5. The summed E-state index contributed by atoms with van der Waals surface area (Å²) in [6.45, 7) is 0. The van der Waals surface area contributed by atoms with Crippen LogP contribution in [0.3, 0.4) is 0 Å². The van der Waals surface area contributed by atoms with E-state index in [-0.39, 0.29) is 5.57 Å². The van der Waals surface area contributed by atoms with Crippen LogP contribution in [0.1, 0.15) is 0 Å². The predicted octanol–water partition coefficient (Wildman–Crippen LogP) is 5.96. The fourth-order valence-corrected chi connectivity index (χ4v) is 3.72. The number of hydrogen-bond donors (Lipinski definition) is 2. The number of halogens is 1. The zero-order valence-corrected chi connectivity index (χ0v) is 17.6. The number of anilines is 2. The van der Waals surface area contributed by atoms with E-state index in [1.54, 1.807) is 30.0 Å². The zero-order valence-electron chi connectivity index (χ0n) is 16.1. The Balaban J connectivity index is 1.73. The molecule has 0 bridgehead atoms. The van der Waals surface area contributed by atoms with E-state index in [2.05, 4.69) is 10.6 Å². The molecule has 7 heteroatoms. The molecule has 0 heterocycles. The molecule has 0 aromatic heterocycles. The van der Waals surface area contributed by atoms with Crippen LogP contribution in [0.25, 0.3) is 0 Å². The number of carbonyl (C=O) groups is 1. The van der Waals surface area contributed by atoms with Gasteiger partial charge in [0.05, 0.1) is 17.8 Å². The number of nitrogens with zero attached hydrogens (tertiary/aromatic N) is 1. The second-order valence-electron chi connectivity index (χ2n) is 6.03. The maximum absolute atomic E-state index is 12.5. The fourth-order valence-electron chi connectivity index (χ4n) is 2.53. The van der Waals surface area contributed by atoms with Gasteiger partial charge in [-0.2, -0.15) is 5.26 Å². The SMILES string of the molecule is COc1ccc(NC(=O)/C(C#N)=C\Nc2ccccc2Sc2ccccc2)cc1Cl. The maximum atomic E-state index is 12.5. The summed E-state index contributed by atoms with van der Waals surface area (Å²) in [6.07, 6.45) is 1.39. The van der Waals surface area contributed by atoms with Crippen LogP contribution >= 0.6 is 23.4 Å². The van der Waals surface area contributed by atoms with Gasteiger partial charge in [0.2, 0.25) is 0 Å². The largest absolute Gasteiger partial charge is 0.495 e. The number of nitriles is 1. The molecule has 0 spiro atoms. The van der Waals surface area contributed by atoms with Gasteiger partial charge in [0, 0.05) is 21.7 Å². The number of para-hydroxylation sites is 1. The summed E-state index contributed by atoms with van der Waals surface area (Å²) in [7, 11) is 1.51. The summed E-state index contributed by atoms with van der Waals surface area (Å²) in [5, 5.41) is 15.5. The molecule has 3 aromatic carbocycles. The van der Waals surface area contributed by atoms with Crippen molar-refractivity contribution >= 4 is 40.6 Å². The number of carbonyl (C=O) groups excluding carboxylic acids is 1. The van der Waals surface area contributed by atoms with Gasteiger partial charge in [-0.25, -0.2) is 0 Å². The van der Waals surface area contributed by atoms with E-state index >= 15 is 0 Å². The van der Waals surface area contributed by atoms with Gasteiger partial charge in [-0.15, -0.1) is 0 Å². The standard InChI is InChI=1S/C23H18ClN3O2S/c1-29-21-12-11-17(13-19(21)24)27-23(28)16(14-25)15-26-20-9-5-6-10-22(20)30-18-7-3-2-4-8-18/h2-13,15,26H,1H3,(H,27,28)/b16-15-. The quantitative estimate of drug-likeness (QED) is 0.354. The van der Waals surface area contributed by atoms with Gasteiger partial charge in [0.1, 0.15) is 17.4 Å². The van der Waals surface area contributed by atoms with Crippen molar-refractivity contribution in [2.45, 2.75) is 9.79 Å². The van der Waals surface area contributed by atoms with Gasteiger partial charge in [0.25, 0.3) is 5.91 Å². The highest BCUT2D eigenvalue weighted by atomic mass is 35.5. The molecule has 0 aliphatic rings. The third-order valence-corrected chi connectivity index (χ3v) is 5.38. The molecule has 0 unspecified atom stereocenters. The van der Waals surface area contributed by atoms with Gasteiger partial charge in [-0.05, 0) is 42.5 Å². The van der Waals surface area contributed by atoms with Gasteiger partial charge >= 0.3 is 0 Å². The summed E-state index contributed by atoms with van der Waals surface area (Å²) in [6, 6.07) is 24.4. The molecule has 0 aliphatic heterocycles. The summed E-state index contributed by atoms with van der Waals surface area (Å²) in [5.74, 6) is -0.0423. The van der Waals surface area contributed by atoms with Crippen LogP contribution in [-0.2, 0) is 4.79 Å². The fraction of sp³-hybridized carbons (Fsp3) is 0.0435. The third-order valence-electron chi connectivity index (χ3n) is 4.00. The van der Waals surface area contributed by atoms with Crippen LogP contribution in [0.15, 0.2) is 94.4 Å².